The SMILES string of the molecule is CN(C)c1nc(N2CCCCC2)ncc1NC(=O)c1ccc(=O)n(C)n1. The van der Waals surface area contributed by atoms with E-state index in [1.807, 2.05) is 19.0 Å². The predicted octanol–water partition coefficient (Wildman–Crippen LogP) is 0.879. The molecule has 138 valence electrons. The Hall–Kier alpha value is -2.97. The van der Waals surface area contributed by atoms with Crippen molar-refractivity contribution in [1.82, 2.24) is 19.7 Å². The van der Waals surface area contributed by atoms with Crippen LogP contribution in [0, 0.1) is 0 Å². The summed E-state index contributed by atoms with van der Waals surface area (Å²) in [5.41, 5.74) is 0.373. The molecule has 1 fully saturated rings. The molecule has 1 aliphatic heterocycles. The summed E-state index contributed by atoms with van der Waals surface area (Å²) in [6.45, 7) is 1.89. The largest absolute Gasteiger partial charge is 0.361 e. The number of aromatic nitrogens is 4. The van der Waals surface area contributed by atoms with E-state index < -0.39 is 5.91 Å². The first-order valence-corrected chi connectivity index (χ1v) is 8.61. The maximum atomic E-state index is 12.5. The van der Waals surface area contributed by atoms with Crippen LogP contribution in [0.25, 0.3) is 0 Å². The smallest absolute Gasteiger partial charge is 0.276 e. The van der Waals surface area contributed by atoms with Crippen molar-refractivity contribution in [2.75, 3.05) is 42.3 Å². The van der Waals surface area contributed by atoms with Gasteiger partial charge in [0.25, 0.3) is 11.5 Å². The van der Waals surface area contributed by atoms with Gasteiger partial charge in [0.05, 0.1) is 6.20 Å². The lowest BCUT2D eigenvalue weighted by molar-refractivity contribution is 0.102. The maximum absolute atomic E-state index is 12.5. The second kappa shape index (κ2) is 7.51. The van der Waals surface area contributed by atoms with Crippen LogP contribution in [0.15, 0.2) is 23.1 Å². The zero-order chi connectivity index (χ0) is 18.7. The van der Waals surface area contributed by atoms with E-state index in [0.717, 1.165) is 30.6 Å². The number of anilines is 3. The van der Waals surface area contributed by atoms with Crippen molar-refractivity contribution < 1.29 is 4.79 Å². The lowest BCUT2D eigenvalue weighted by atomic mass is 10.1. The number of carbonyl (C=O) groups is 1. The van der Waals surface area contributed by atoms with Crippen LogP contribution in [-0.2, 0) is 7.05 Å². The molecule has 1 aliphatic rings. The lowest BCUT2D eigenvalue weighted by Crippen LogP contribution is -2.31. The van der Waals surface area contributed by atoms with Gasteiger partial charge < -0.3 is 15.1 Å². The van der Waals surface area contributed by atoms with Gasteiger partial charge in [-0.1, -0.05) is 0 Å². The number of hydrogen-bond acceptors (Lipinski definition) is 7. The van der Waals surface area contributed by atoms with Crippen molar-refractivity contribution in [3.63, 3.8) is 0 Å². The zero-order valence-electron chi connectivity index (χ0n) is 15.3. The molecule has 0 saturated carbocycles. The third-order valence-corrected chi connectivity index (χ3v) is 4.26. The van der Waals surface area contributed by atoms with Crippen LogP contribution in [-0.4, -0.2) is 52.8 Å². The fraction of sp³-hybridized carbons (Fsp3) is 0.471. The molecule has 0 bridgehead atoms. The number of nitrogens with zero attached hydrogens (tertiary/aromatic N) is 6. The molecule has 0 aromatic carbocycles. The summed E-state index contributed by atoms with van der Waals surface area (Å²) < 4.78 is 1.12. The van der Waals surface area contributed by atoms with Crippen LogP contribution in [0.2, 0.25) is 0 Å². The highest BCUT2D eigenvalue weighted by molar-refractivity contribution is 6.04. The van der Waals surface area contributed by atoms with Crippen LogP contribution in [0.4, 0.5) is 17.5 Å². The van der Waals surface area contributed by atoms with Gasteiger partial charge in [0.1, 0.15) is 11.4 Å². The third-order valence-electron chi connectivity index (χ3n) is 4.26. The molecule has 26 heavy (non-hydrogen) atoms. The minimum absolute atomic E-state index is 0.150. The molecule has 0 unspecified atom stereocenters. The minimum atomic E-state index is -0.418. The van der Waals surface area contributed by atoms with Crippen molar-refractivity contribution in [2.45, 2.75) is 19.3 Å². The van der Waals surface area contributed by atoms with Gasteiger partial charge in [-0.2, -0.15) is 10.1 Å². The summed E-state index contributed by atoms with van der Waals surface area (Å²) in [6, 6.07) is 2.71. The van der Waals surface area contributed by atoms with Crippen molar-refractivity contribution in [2.24, 2.45) is 7.05 Å². The highest BCUT2D eigenvalue weighted by atomic mass is 16.2. The molecule has 0 spiro atoms. The number of hydrogen-bond donors (Lipinski definition) is 1. The Morgan fingerprint density at radius 2 is 1.92 bits per heavy atom. The Bertz CT molecular complexity index is 856. The molecular weight excluding hydrogens is 334 g/mol. The standard InChI is InChI=1S/C17H23N7O2/c1-22(2)15-13(11-18-17(20-15)24-9-5-4-6-10-24)19-16(26)12-7-8-14(25)23(3)21-12/h7-8,11H,4-6,9-10H2,1-3H3,(H,19,26). The van der Waals surface area contributed by atoms with Gasteiger partial charge in [-0.25, -0.2) is 9.67 Å². The average molecular weight is 357 g/mol. The van der Waals surface area contributed by atoms with E-state index >= 15 is 0 Å². The summed E-state index contributed by atoms with van der Waals surface area (Å²) in [5, 5.41) is 6.75. The molecule has 9 nitrogen and oxygen atoms in total. The summed E-state index contributed by atoms with van der Waals surface area (Å²) >= 11 is 0. The highest BCUT2D eigenvalue weighted by Gasteiger charge is 2.18. The van der Waals surface area contributed by atoms with Gasteiger partial charge >= 0.3 is 0 Å². The number of carbonyl (C=O) groups excluding carboxylic acids is 1. The second-order valence-electron chi connectivity index (χ2n) is 6.48. The Balaban J connectivity index is 1.85. The molecule has 1 N–H and O–H groups in total. The van der Waals surface area contributed by atoms with Crippen molar-refractivity contribution >= 4 is 23.4 Å². The molecule has 1 amide bonds. The number of aryl methyl sites for hydroxylation is 1. The van der Waals surface area contributed by atoms with Crippen LogP contribution in [0.1, 0.15) is 29.8 Å². The van der Waals surface area contributed by atoms with E-state index in [-0.39, 0.29) is 11.3 Å². The van der Waals surface area contributed by atoms with E-state index in [2.05, 4.69) is 25.3 Å². The average Bonchev–Trinajstić information content (AvgIpc) is 2.64. The number of rotatable bonds is 4. The lowest BCUT2D eigenvalue weighted by Gasteiger charge is -2.28. The van der Waals surface area contributed by atoms with Crippen molar-refractivity contribution in [3.05, 3.63) is 34.4 Å². The summed E-state index contributed by atoms with van der Waals surface area (Å²) in [4.78, 5) is 36.9. The van der Waals surface area contributed by atoms with Gasteiger partial charge in [0.15, 0.2) is 5.82 Å². The topological polar surface area (TPSA) is 96.3 Å². The third kappa shape index (κ3) is 3.81. The molecule has 1 saturated heterocycles. The Morgan fingerprint density at radius 1 is 1.19 bits per heavy atom. The van der Waals surface area contributed by atoms with Crippen LogP contribution >= 0.6 is 0 Å². The summed E-state index contributed by atoms with van der Waals surface area (Å²) in [7, 11) is 5.23. The quantitative estimate of drug-likeness (QED) is 0.867. The monoisotopic (exact) mass is 357 g/mol. The fourth-order valence-electron chi connectivity index (χ4n) is 2.85. The number of piperidine rings is 1. The molecule has 2 aromatic heterocycles. The van der Waals surface area contributed by atoms with Crippen molar-refractivity contribution in [3.8, 4) is 0 Å². The van der Waals surface area contributed by atoms with Gasteiger partial charge in [-0.15, -0.1) is 0 Å². The Morgan fingerprint density at radius 3 is 2.58 bits per heavy atom. The molecular formula is C17H23N7O2. The maximum Gasteiger partial charge on any atom is 0.276 e. The molecule has 3 heterocycles. The molecule has 0 atom stereocenters. The molecule has 0 aliphatic carbocycles. The first-order valence-electron chi connectivity index (χ1n) is 8.61. The van der Waals surface area contributed by atoms with Crippen molar-refractivity contribution in [1.29, 1.82) is 0 Å². The Kier molecular flexibility index (Phi) is 5.15. The van der Waals surface area contributed by atoms with E-state index in [1.165, 1.54) is 25.6 Å². The zero-order valence-corrected chi connectivity index (χ0v) is 15.3. The summed E-state index contributed by atoms with van der Waals surface area (Å²) in [6.07, 6.45) is 5.12. The fourth-order valence-corrected chi connectivity index (χ4v) is 2.85. The van der Waals surface area contributed by atoms with Crippen LogP contribution < -0.4 is 20.7 Å². The highest BCUT2D eigenvalue weighted by Crippen LogP contribution is 2.25. The van der Waals surface area contributed by atoms with Gasteiger partial charge in [0, 0.05) is 40.3 Å². The van der Waals surface area contributed by atoms with E-state index in [9.17, 15) is 9.59 Å². The molecule has 0 radical (unpaired) electrons. The van der Waals surface area contributed by atoms with Crippen LogP contribution in [0.3, 0.4) is 0 Å². The molecule has 9 heteroatoms. The Labute approximate surface area is 151 Å². The van der Waals surface area contributed by atoms with Gasteiger partial charge in [0.2, 0.25) is 5.95 Å². The first-order chi connectivity index (χ1) is 12.5. The van der Waals surface area contributed by atoms with Gasteiger partial charge in [-0.3, -0.25) is 9.59 Å². The number of amides is 1. The van der Waals surface area contributed by atoms with Gasteiger partial charge in [-0.05, 0) is 25.3 Å². The van der Waals surface area contributed by atoms with E-state index in [0.29, 0.717) is 17.5 Å². The van der Waals surface area contributed by atoms with E-state index in [4.69, 9.17) is 0 Å². The summed E-state index contributed by atoms with van der Waals surface area (Å²) in [5.74, 6) is 0.878. The normalized spacial score (nSPS) is 14.2. The van der Waals surface area contributed by atoms with E-state index in [1.54, 1.807) is 6.20 Å². The van der Waals surface area contributed by atoms with Crippen LogP contribution in [0.5, 0.6) is 0 Å². The molecule has 3 rings (SSSR count). The predicted molar refractivity (Wildman–Crippen MR) is 99.9 cm³/mol. The second-order valence-corrected chi connectivity index (χ2v) is 6.48. The number of nitrogens with one attached hydrogen (secondary N) is 1. The molecule has 2 aromatic rings. The first kappa shape index (κ1) is 17.8. The minimum Gasteiger partial charge on any atom is -0.361 e.